The Hall–Kier alpha value is -1.34. The summed E-state index contributed by atoms with van der Waals surface area (Å²) < 4.78 is 27.2. The second-order valence-electron chi connectivity index (χ2n) is 5.05. The Balaban J connectivity index is 2.05. The van der Waals surface area contributed by atoms with Crippen molar-refractivity contribution in [1.82, 2.24) is 8.87 Å². The van der Waals surface area contributed by atoms with Crippen LogP contribution in [-0.2, 0) is 10.0 Å². The molecular weight excluding hydrogens is 280 g/mol. The number of hydrogen-bond donors (Lipinski definition) is 1. The van der Waals surface area contributed by atoms with Crippen molar-refractivity contribution >= 4 is 16.0 Å². The van der Waals surface area contributed by atoms with Crippen molar-refractivity contribution in [2.45, 2.75) is 32.2 Å². The van der Waals surface area contributed by atoms with E-state index in [9.17, 15) is 13.2 Å². The molecule has 0 atom stereocenters. The molecule has 1 aromatic heterocycles. The van der Waals surface area contributed by atoms with Crippen molar-refractivity contribution in [1.29, 1.82) is 0 Å². The van der Waals surface area contributed by atoms with Gasteiger partial charge in [-0.3, -0.25) is 0 Å². The molecule has 20 heavy (non-hydrogen) atoms. The van der Waals surface area contributed by atoms with Crippen LogP contribution in [0.4, 0.5) is 0 Å². The maximum Gasteiger partial charge on any atom is 0.352 e. The van der Waals surface area contributed by atoms with E-state index in [1.54, 1.807) is 22.9 Å². The van der Waals surface area contributed by atoms with E-state index in [1.807, 2.05) is 6.92 Å². The molecule has 2 rings (SSSR count). The van der Waals surface area contributed by atoms with Gasteiger partial charge in [-0.25, -0.2) is 17.5 Å². The van der Waals surface area contributed by atoms with Crippen LogP contribution in [0.5, 0.6) is 0 Å². The van der Waals surface area contributed by atoms with Gasteiger partial charge in [-0.15, -0.1) is 0 Å². The van der Waals surface area contributed by atoms with E-state index >= 15 is 0 Å². The SMILES string of the molecule is CCCS(=O)(=O)N1CCC(n2cccc2C(=O)O)CC1. The van der Waals surface area contributed by atoms with Crippen molar-refractivity contribution < 1.29 is 18.3 Å². The number of sulfonamides is 1. The van der Waals surface area contributed by atoms with Crippen LogP contribution >= 0.6 is 0 Å². The Bertz CT molecular complexity index is 571. The third kappa shape index (κ3) is 3.04. The van der Waals surface area contributed by atoms with Gasteiger partial charge in [0.1, 0.15) is 5.69 Å². The van der Waals surface area contributed by atoms with E-state index in [0.29, 0.717) is 32.4 Å². The van der Waals surface area contributed by atoms with Crippen LogP contribution in [0, 0.1) is 0 Å². The lowest BCUT2D eigenvalue weighted by molar-refractivity contribution is 0.0680. The first-order valence-electron chi connectivity index (χ1n) is 6.83. The van der Waals surface area contributed by atoms with E-state index in [2.05, 4.69) is 0 Å². The number of nitrogens with zero attached hydrogens (tertiary/aromatic N) is 2. The number of carboxylic acid groups (broad SMARTS) is 1. The molecule has 1 fully saturated rings. The molecule has 112 valence electrons. The summed E-state index contributed by atoms with van der Waals surface area (Å²) in [6.45, 7) is 2.78. The van der Waals surface area contributed by atoms with Gasteiger partial charge >= 0.3 is 5.97 Å². The Morgan fingerprint density at radius 2 is 2.05 bits per heavy atom. The lowest BCUT2D eigenvalue weighted by atomic mass is 10.1. The molecule has 0 aromatic carbocycles. The largest absolute Gasteiger partial charge is 0.477 e. The Kier molecular flexibility index (Phi) is 4.49. The molecule has 2 heterocycles. The molecule has 0 bridgehead atoms. The number of rotatable bonds is 5. The number of piperidine rings is 1. The number of aromatic carboxylic acids is 1. The molecule has 0 spiro atoms. The topological polar surface area (TPSA) is 79.6 Å². The van der Waals surface area contributed by atoms with E-state index in [-0.39, 0.29) is 17.5 Å². The van der Waals surface area contributed by atoms with Crippen LogP contribution in [0.3, 0.4) is 0 Å². The fraction of sp³-hybridized carbons (Fsp3) is 0.615. The second-order valence-corrected chi connectivity index (χ2v) is 7.14. The van der Waals surface area contributed by atoms with Gasteiger partial charge in [0, 0.05) is 25.3 Å². The first-order chi connectivity index (χ1) is 9.45. The molecule has 6 nitrogen and oxygen atoms in total. The Morgan fingerprint density at radius 1 is 1.40 bits per heavy atom. The highest BCUT2D eigenvalue weighted by Crippen LogP contribution is 2.26. The van der Waals surface area contributed by atoms with Crippen LogP contribution in [0.2, 0.25) is 0 Å². The molecule has 0 unspecified atom stereocenters. The number of hydrogen-bond acceptors (Lipinski definition) is 3. The zero-order valence-corrected chi connectivity index (χ0v) is 12.3. The number of carbonyl (C=O) groups is 1. The molecule has 0 amide bonds. The normalized spacial score (nSPS) is 18.2. The van der Waals surface area contributed by atoms with Crippen LogP contribution in [0.1, 0.15) is 42.7 Å². The predicted octanol–water partition coefficient (Wildman–Crippen LogP) is 1.56. The lowest BCUT2D eigenvalue weighted by Crippen LogP contribution is -2.40. The van der Waals surface area contributed by atoms with E-state index < -0.39 is 16.0 Å². The highest BCUT2D eigenvalue weighted by molar-refractivity contribution is 7.89. The quantitative estimate of drug-likeness (QED) is 0.895. The van der Waals surface area contributed by atoms with Gasteiger partial charge in [0.25, 0.3) is 0 Å². The molecule has 0 saturated carbocycles. The average Bonchev–Trinajstić information content (AvgIpc) is 2.88. The smallest absolute Gasteiger partial charge is 0.352 e. The van der Waals surface area contributed by atoms with Crippen molar-refractivity contribution in [2.75, 3.05) is 18.8 Å². The molecular formula is C13H20N2O4S. The first-order valence-corrected chi connectivity index (χ1v) is 8.44. The molecule has 1 aliphatic rings. The highest BCUT2D eigenvalue weighted by Gasteiger charge is 2.29. The van der Waals surface area contributed by atoms with Gasteiger partial charge in [-0.2, -0.15) is 0 Å². The predicted molar refractivity (Wildman–Crippen MR) is 75.3 cm³/mol. The van der Waals surface area contributed by atoms with E-state index in [0.717, 1.165) is 0 Å². The monoisotopic (exact) mass is 300 g/mol. The van der Waals surface area contributed by atoms with Crippen LogP contribution < -0.4 is 0 Å². The summed E-state index contributed by atoms with van der Waals surface area (Å²) in [5.74, 6) is -0.766. The minimum Gasteiger partial charge on any atom is -0.477 e. The highest BCUT2D eigenvalue weighted by atomic mass is 32.2. The van der Waals surface area contributed by atoms with Gasteiger partial charge in [0.05, 0.1) is 5.75 Å². The Morgan fingerprint density at radius 3 is 2.60 bits per heavy atom. The molecule has 1 aromatic rings. The molecule has 1 N–H and O–H groups in total. The summed E-state index contributed by atoms with van der Waals surface area (Å²) in [6, 6.07) is 3.34. The summed E-state index contributed by atoms with van der Waals surface area (Å²) in [7, 11) is -3.14. The van der Waals surface area contributed by atoms with Crippen molar-refractivity contribution in [2.24, 2.45) is 0 Å². The maximum atomic E-state index is 12.0. The number of carboxylic acids is 1. The first kappa shape index (κ1) is 15.1. The second kappa shape index (κ2) is 5.97. The van der Waals surface area contributed by atoms with Crippen LogP contribution in [0.25, 0.3) is 0 Å². The summed E-state index contributed by atoms with van der Waals surface area (Å²) in [5, 5.41) is 9.11. The molecule has 1 saturated heterocycles. The van der Waals surface area contributed by atoms with Crippen LogP contribution in [0.15, 0.2) is 18.3 Å². The summed E-state index contributed by atoms with van der Waals surface area (Å²) >= 11 is 0. The van der Waals surface area contributed by atoms with Crippen molar-refractivity contribution in [3.8, 4) is 0 Å². The zero-order chi connectivity index (χ0) is 14.8. The molecule has 0 radical (unpaired) electrons. The van der Waals surface area contributed by atoms with Crippen molar-refractivity contribution in [3.05, 3.63) is 24.0 Å². The third-order valence-electron chi connectivity index (χ3n) is 3.67. The van der Waals surface area contributed by atoms with Gasteiger partial charge < -0.3 is 9.67 Å². The fourth-order valence-corrected chi connectivity index (χ4v) is 4.22. The summed E-state index contributed by atoms with van der Waals surface area (Å²) in [4.78, 5) is 11.1. The van der Waals surface area contributed by atoms with Crippen LogP contribution in [-0.4, -0.2) is 47.2 Å². The van der Waals surface area contributed by atoms with Gasteiger partial charge in [0.15, 0.2) is 0 Å². The van der Waals surface area contributed by atoms with Crippen molar-refractivity contribution in [3.63, 3.8) is 0 Å². The zero-order valence-electron chi connectivity index (χ0n) is 11.5. The fourth-order valence-electron chi connectivity index (χ4n) is 2.68. The maximum absolute atomic E-state index is 12.0. The number of aromatic nitrogens is 1. The summed E-state index contributed by atoms with van der Waals surface area (Å²) in [6.07, 6.45) is 3.67. The molecule has 1 aliphatic heterocycles. The molecule has 7 heteroatoms. The van der Waals surface area contributed by atoms with Gasteiger partial charge in [-0.1, -0.05) is 6.92 Å². The third-order valence-corrected chi connectivity index (χ3v) is 5.75. The minimum absolute atomic E-state index is 0.0594. The average molecular weight is 300 g/mol. The Labute approximate surface area is 119 Å². The van der Waals surface area contributed by atoms with Gasteiger partial charge in [0.2, 0.25) is 10.0 Å². The molecule has 0 aliphatic carbocycles. The van der Waals surface area contributed by atoms with E-state index in [4.69, 9.17) is 5.11 Å². The van der Waals surface area contributed by atoms with Gasteiger partial charge in [-0.05, 0) is 31.4 Å². The minimum atomic E-state index is -3.14. The lowest BCUT2D eigenvalue weighted by Gasteiger charge is -2.32. The standard InChI is InChI=1S/C13H20N2O4S/c1-2-10-20(18,19)14-8-5-11(6-9-14)15-7-3-4-12(15)13(16)17/h3-4,7,11H,2,5-6,8-10H2,1H3,(H,16,17). The van der Waals surface area contributed by atoms with E-state index in [1.165, 1.54) is 4.31 Å². The summed E-state index contributed by atoms with van der Waals surface area (Å²) in [5.41, 5.74) is 0.264.